The van der Waals surface area contributed by atoms with Crippen molar-refractivity contribution in [2.24, 2.45) is 0 Å². The molecule has 0 aromatic carbocycles. The molecule has 0 aliphatic heterocycles. The molecule has 0 aliphatic carbocycles. The van der Waals surface area contributed by atoms with E-state index < -0.39 is 5.97 Å². The Hall–Kier alpha value is -1.40. The van der Waals surface area contributed by atoms with Crippen molar-refractivity contribution in [2.75, 3.05) is 19.0 Å². The van der Waals surface area contributed by atoms with E-state index >= 15 is 0 Å². The van der Waals surface area contributed by atoms with Gasteiger partial charge < -0.3 is 15.2 Å². The predicted molar refractivity (Wildman–Crippen MR) is 79.8 cm³/mol. The van der Waals surface area contributed by atoms with Gasteiger partial charge in [0.2, 0.25) is 5.91 Å². The number of nitrogens with one attached hydrogen (secondary N) is 1. The van der Waals surface area contributed by atoms with E-state index in [0.717, 1.165) is 23.3 Å². The van der Waals surface area contributed by atoms with E-state index in [2.05, 4.69) is 5.32 Å². The molecule has 0 unspecified atom stereocenters. The second-order valence-electron chi connectivity index (χ2n) is 4.50. The van der Waals surface area contributed by atoms with Crippen molar-refractivity contribution in [3.05, 3.63) is 16.0 Å². The summed E-state index contributed by atoms with van der Waals surface area (Å²) < 4.78 is 4.92. The van der Waals surface area contributed by atoms with Crippen molar-refractivity contribution in [3.8, 4) is 0 Å². The minimum absolute atomic E-state index is 0.146. The Morgan fingerprint density at radius 3 is 2.60 bits per heavy atom. The number of unbranched alkanes of at least 4 members (excludes halogenated alkanes) is 1. The van der Waals surface area contributed by atoms with Gasteiger partial charge in [-0.2, -0.15) is 0 Å². The molecular weight excluding hydrogens is 278 g/mol. The first-order valence-electron chi connectivity index (χ1n) is 6.65. The van der Waals surface area contributed by atoms with Crippen molar-refractivity contribution >= 4 is 28.2 Å². The third-order valence-corrected chi connectivity index (χ3v) is 4.09. The van der Waals surface area contributed by atoms with E-state index in [4.69, 9.17) is 4.74 Å². The van der Waals surface area contributed by atoms with Crippen LogP contribution >= 0.6 is 11.3 Å². The highest BCUT2D eigenvalue weighted by Crippen LogP contribution is 2.33. The van der Waals surface area contributed by atoms with Crippen molar-refractivity contribution in [1.29, 1.82) is 0 Å². The smallest absolute Gasteiger partial charge is 0.339 e. The molecule has 6 heteroatoms. The first-order valence-corrected chi connectivity index (χ1v) is 7.47. The normalized spacial score (nSPS) is 10.6. The Kier molecular flexibility index (Phi) is 6.67. The third kappa shape index (κ3) is 4.31. The van der Waals surface area contributed by atoms with E-state index in [9.17, 15) is 14.7 Å². The number of rotatable bonds is 8. The topological polar surface area (TPSA) is 75.6 Å². The van der Waals surface area contributed by atoms with Gasteiger partial charge in [0.15, 0.2) is 0 Å². The maximum Gasteiger partial charge on any atom is 0.339 e. The monoisotopic (exact) mass is 299 g/mol. The Bertz CT molecular complexity index is 482. The van der Waals surface area contributed by atoms with Gasteiger partial charge in [-0.1, -0.05) is 6.92 Å². The molecule has 1 amide bonds. The zero-order valence-electron chi connectivity index (χ0n) is 12.1. The summed E-state index contributed by atoms with van der Waals surface area (Å²) in [7, 11) is 1.62. The number of carbonyl (C=O) groups excluding carboxylic acids is 1. The molecule has 1 rings (SSSR count). The SMILES string of the molecule is CCc1c(C)sc(NC(=O)CCCCOC)c1C(=O)O. The van der Waals surface area contributed by atoms with Crippen LogP contribution in [0.5, 0.6) is 0 Å². The molecule has 0 saturated heterocycles. The van der Waals surface area contributed by atoms with Crippen LogP contribution < -0.4 is 5.32 Å². The summed E-state index contributed by atoms with van der Waals surface area (Å²) in [4.78, 5) is 24.1. The average molecular weight is 299 g/mol. The van der Waals surface area contributed by atoms with Gasteiger partial charge in [-0.05, 0) is 31.7 Å². The molecule has 2 N–H and O–H groups in total. The standard InChI is InChI=1S/C14H21NO4S/c1-4-10-9(2)20-13(12(10)14(17)18)15-11(16)7-5-6-8-19-3/h4-8H2,1-3H3,(H,15,16)(H,17,18). The number of hydrogen-bond donors (Lipinski definition) is 2. The zero-order chi connectivity index (χ0) is 15.1. The number of carboxylic acids is 1. The van der Waals surface area contributed by atoms with E-state index in [1.54, 1.807) is 7.11 Å². The van der Waals surface area contributed by atoms with Crippen LogP contribution in [0.15, 0.2) is 0 Å². The van der Waals surface area contributed by atoms with Crippen molar-refractivity contribution in [2.45, 2.75) is 39.5 Å². The van der Waals surface area contributed by atoms with Gasteiger partial charge in [-0.3, -0.25) is 4.79 Å². The van der Waals surface area contributed by atoms with Crippen LogP contribution in [-0.2, 0) is 16.0 Å². The second-order valence-corrected chi connectivity index (χ2v) is 5.72. The van der Waals surface area contributed by atoms with Gasteiger partial charge in [0, 0.05) is 25.0 Å². The van der Waals surface area contributed by atoms with E-state index in [1.807, 2.05) is 13.8 Å². The largest absolute Gasteiger partial charge is 0.478 e. The van der Waals surface area contributed by atoms with Crippen LogP contribution in [0.3, 0.4) is 0 Å². The molecule has 1 aromatic rings. The molecule has 112 valence electrons. The van der Waals surface area contributed by atoms with Gasteiger partial charge in [-0.15, -0.1) is 11.3 Å². The van der Waals surface area contributed by atoms with Crippen molar-refractivity contribution < 1.29 is 19.4 Å². The van der Waals surface area contributed by atoms with Crippen LogP contribution in [-0.4, -0.2) is 30.7 Å². The molecule has 1 heterocycles. The number of thiophene rings is 1. The summed E-state index contributed by atoms with van der Waals surface area (Å²) in [6.45, 7) is 4.42. The van der Waals surface area contributed by atoms with Crippen LogP contribution in [0.1, 0.15) is 47.0 Å². The van der Waals surface area contributed by atoms with Crippen LogP contribution in [0.2, 0.25) is 0 Å². The number of anilines is 1. The lowest BCUT2D eigenvalue weighted by Gasteiger charge is -2.05. The number of carboxylic acid groups (broad SMARTS) is 1. The fraction of sp³-hybridized carbons (Fsp3) is 0.571. The lowest BCUT2D eigenvalue weighted by molar-refractivity contribution is -0.116. The van der Waals surface area contributed by atoms with Crippen molar-refractivity contribution in [3.63, 3.8) is 0 Å². The Morgan fingerprint density at radius 1 is 1.35 bits per heavy atom. The molecule has 20 heavy (non-hydrogen) atoms. The second kappa shape index (κ2) is 8.01. The lowest BCUT2D eigenvalue weighted by atomic mass is 10.1. The van der Waals surface area contributed by atoms with Crippen LogP contribution in [0.4, 0.5) is 5.00 Å². The van der Waals surface area contributed by atoms with Gasteiger partial charge >= 0.3 is 5.97 Å². The highest BCUT2D eigenvalue weighted by molar-refractivity contribution is 7.16. The highest BCUT2D eigenvalue weighted by atomic mass is 32.1. The van der Waals surface area contributed by atoms with E-state index in [1.165, 1.54) is 11.3 Å². The van der Waals surface area contributed by atoms with Gasteiger partial charge in [0.05, 0.1) is 5.56 Å². The lowest BCUT2D eigenvalue weighted by Crippen LogP contribution is -2.13. The fourth-order valence-corrected chi connectivity index (χ4v) is 3.19. The fourth-order valence-electron chi connectivity index (χ4n) is 2.04. The summed E-state index contributed by atoms with van der Waals surface area (Å²) in [5.74, 6) is -1.13. The molecule has 0 saturated carbocycles. The number of methoxy groups -OCH3 is 1. The quantitative estimate of drug-likeness (QED) is 0.723. The molecule has 0 radical (unpaired) electrons. The number of aromatic carboxylic acids is 1. The van der Waals surface area contributed by atoms with Gasteiger partial charge in [0.25, 0.3) is 0 Å². The van der Waals surface area contributed by atoms with Crippen LogP contribution in [0, 0.1) is 6.92 Å². The first-order chi connectivity index (χ1) is 9.51. The molecule has 0 fully saturated rings. The summed E-state index contributed by atoms with van der Waals surface area (Å²) in [5.41, 5.74) is 1.04. The molecule has 0 atom stereocenters. The number of ether oxygens (including phenoxy) is 1. The first kappa shape index (κ1) is 16.7. The average Bonchev–Trinajstić information content (AvgIpc) is 2.70. The van der Waals surface area contributed by atoms with Gasteiger partial charge in [-0.25, -0.2) is 4.79 Å². The zero-order valence-corrected chi connectivity index (χ0v) is 12.9. The molecule has 1 aromatic heterocycles. The maximum atomic E-state index is 11.8. The molecule has 0 bridgehead atoms. The highest BCUT2D eigenvalue weighted by Gasteiger charge is 2.21. The maximum absolute atomic E-state index is 11.8. The van der Waals surface area contributed by atoms with E-state index in [-0.39, 0.29) is 11.5 Å². The molecular formula is C14H21NO4S. The van der Waals surface area contributed by atoms with Gasteiger partial charge in [0.1, 0.15) is 5.00 Å². The Labute approximate surface area is 123 Å². The Morgan fingerprint density at radius 2 is 2.05 bits per heavy atom. The molecule has 0 spiro atoms. The summed E-state index contributed by atoms with van der Waals surface area (Å²) in [6.07, 6.45) is 2.57. The Balaban J connectivity index is 2.72. The summed E-state index contributed by atoms with van der Waals surface area (Å²) in [5, 5.41) is 12.5. The minimum Gasteiger partial charge on any atom is -0.478 e. The molecule has 0 aliphatic rings. The molecule has 5 nitrogen and oxygen atoms in total. The van der Waals surface area contributed by atoms with Crippen molar-refractivity contribution in [1.82, 2.24) is 0 Å². The minimum atomic E-state index is -0.985. The third-order valence-electron chi connectivity index (χ3n) is 3.03. The summed E-state index contributed by atoms with van der Waals surface area (Å²) >= 11 is 1.33. The number of carbonyl (C=O) groups is 2. The number of amides is 1. The predicted octanol–water partition coefficient (Wildman–Crippen LogP) is 3.07. The number of hydrogen-bond acceptors (Lipinski definition) is 4. The number of aryl methyl sites for hydroxylation is 1. The summed E-state index contributed by atoms with van der Waals surface area (Å²) in [6, 6.07) is 0. The van der Waals surface area contributed by atoms with E-state index in [0.29, 0.717) is 24.4 Å². The van der Waals surface area contributed by atoms with Crippen LogP contribution in [0.25, 0.3) is 0 Å².